The molecule has 0 amide bonds. The Morgan fingerprint density at radius 1 is 1.39 bits per heavy atom. The molecule has 0 spiro atoms. The van der Waals surface area contributed by atoms with Gasteiger partial charge in [0.2, 0.25) is 0 Å². The number of pyridine rings is 1. The van der Waals surface area contributed by atoms with Crippen LogP contribution in [0.4, 0.5) is 0 Å². The zero-order chi connectivity index (χ0) is 13.0. The van der Waals surface area contributed by atoms with Crippen LogP contribution in [0.2, 0.25) is 0 Å². The Bertz CT molecular complexity index is 548. The lowest BCUT2D eigenvalue weighted by Gasteiger charge is -2.14. The van der Waals surface area contributed by atoms with E-state index in [4.69, 9.17) is 9.84 Å². The van der Waals surface area contributed by atoms with Gasteiger partial charge in [0.1, 0.15) is 11.3 Å². The Kier molecular flexibility index (Phi) is 3.77. The molecule has 1 heterocycles. The van der Waals surface area contributed by atoms with Crippen molar-refractivity contribution in [2.45, 2.75) is 25.9 Å². The number of carbonyl (C=O) groups is 1. The quantitative estimate of drug-likeness (QED) is 0.879. The van der Waals surface area contributed by atoms with Crippen LogP contribution in [0.15, 0.2) is 36.5 Å². The second-order valence-electron chi connectivity index (χ2n) is 4.19. The molecule has 2 rings (SSSR count). The fourth-order valence-corrected chi connectivity index (χ4v) is 1.77. The average molecular weight is 245 g/mol. The highest BCUT2D eigenvalue weighted by Gasteiger charge is 2.09. The molecule has 1 N–H and O–H groups in total. The van der Waals surface area contributed by atoms with E-state index in [1.165, 1.54) is 0 Å². The van der Waals surface area contributed by atoms with Crippen LogP contribution in [0, 0.1) is 0 Å². The van der Waals surface area contributed by atoms with E-state index < -0.39 is 5.97 Å². The van der Waals surface area contributed by atoms with Gasteiger partial charge in [0.25, 0.3) is 0 Å². The molecule has 0 aliphatic heterocycles. The van der Waals surface area contributed by atoms with Gasteiger partial charge >= 0.3 is 5.97 Å². The minimum atomic E-state index is -0.804. The van der Waals surface area contributed by atoms with Crippen LogP contribution in [-0.4, -0.2) is 22.2 Å². The Balaban J connectivity index is 2.14. The summed E-state index contributed by atoms with van der Waals surface area (Å²) >= 11 is 0. The van der Waals surface area contributed by atoms with Gasteiger partial charge in [-0.25, -0.2) is 0 Å². The lowest BCUT2D eigenvalue weighted by atomic mass is 10.2. The maximum absolute atomic E-state index is 10.5. The van der Waals surface area contributed by atoms with Crippen LogP contribution in [0.25, 0.3) is 10.9 Å². The van der Waals surface area contributed by atoms with Gasteiger partial charge in [-0.05, 0) is 25.5 Å². The number of nitrogens with zero attached hydrogens (tertiary/aromatic N) is 1. The molecular weight excluding hydrogens is 230 g/mol. The number of hydrogen-bond acceptors (Lipinski definition) is 3. The molecule has 4 heteroatoms. The summed E-state index contributed by atoms with van der Waals surface area (Å²) in [5.74, 6) is -0.104. The van der Waals surface area contributed by atoms with Crippen molar-refractivity contribution in [2.24, 2.45) is 0 Å². The molecule has 1 unspecified atom stereocenters. The number of para-hydroxylation sites is 1. The molecule has 1 aromatic carbocycles. The largest absolute Gasteiger partial charge is 0.488 e. The van der Waals surface area contributed by atoms with Gasteiger partial charge in [-0.15, -0.1) is 0 Å². The Labute approximate surface area is 105 Å². The van der Waals surface area contributed by atoms with Gasteiger partial charge in [-0.2, -0.15) is 0 Å². The number of aliphatic carboxylic acids is 1. The van der Waals surface area contributed by atoms with E-state index >= 15 is 0 Å². The Hall–Kier alpha value is -2.10. The molecule has 0 saturated carbocycles. The third kappa shape index (κ3) is 2.97. The molecule has 2 aromatic rings. The van der Waals surface area contributed by atoms with Crippen LogP contribution in [0.1, 0.15) is 19.8 Å². The third-order valence-corrected chi connectivity index (χ3v) is 2.69. The number of ether oxygens (including phenoxy) is 1. The predicted molar refractivity (Wildman–Crippen MR) is 68.7 cm³/mol. The summed E-state index contributed by atoms with van der Waals surface area (Å²) in [4.78, 5) is 14.8. The first-order valence-electron chi connectivity index (χ1n) is 5.89. The maximum Gasteiger partial charge on any atom is 0.303 e. The molecule has 0 radical (unpaired) electrons. The van der Waals surface area contributed by atoms with Crippen molar-refractivity contribution >= 4 is 16.9 Å². The molecule has 1 atom stereocenters. The normalized spacial score (nSPS) is 12.3. The smallest absolute Gasteiger partial charge is 0.303 e. The fraction of sp³-hybridized carbons (Fsp3) is 0.286. The molecule has 0 aliphatic rings. The van der Waals surface area contributed by atoms with Gasteiger partial charge in [-0.1, -0.05) is 18.2 Å². The van der Waals surface area contributed by atoms with Crippen LogP contribution in [-0.2, 0) is 4.79 Å². The highest BCUT2D eigenvalue weighted by atomic mass is 16.5. The summed E-state index contributed by atoms with van der Waals surface area (Å²) in [7, 11) is 0. The lowest BCUT2D eigenvalue weighted by Crippen LogP contribution is -2.14. The fourth-order valence-electron chi connectivity index (χ4n) is 1.77. The van der Waals surface area contributed by atoms with E-state index in [-0.39, 0.29) is 12.5 Å². The average Bonchev–Trinajstić information content (AvgIpc) is 2.37. The zero-order valence-corrected chi connectivity index (χ0v) is 10.2. The molecule has 94 valence electrons. The molecule has 0 bridgehead atoms. The van der Waals surface area contributed by atoms with E-state index in [1.807, 2.05) is 37.3 Å². The van der Waals surface area contributed by atoms with Crippen LogP contribution < -0.4 is 4.74 Å². The number of benzene rings is 1. The second kappa shape index (κ2) is 5.49. The van der Waals surface area contributed by atoms with Crippen LogP contribution in [0.5, 0.6) is 5.75 Å². The van der Waals surface area contributed by atoms with Gasteiger partial charge in [-0.3, -0.25) is 9.78 Å². The minimum absolute atomic E-state index is 0.110. The summed E-state index contributed by atoms with van der Waals surface area (Å²) in [6, 6.07) is 9.57. The Morgan fingerprint density at radius 3 is 2.94 bits per heavy atom. The molecule has 0 aliphatic carbocycles. The lowest BCUT2D eigenvalue weighted by molar-refractivity contribution is -0.137. The van der Waals surface area contributed by atoms with Gasteiger partial charge in [0.05, 0.1) is 6.10 Å². The van der Waals surface area contributed by atoms with Crippen molar-refractivity contribution in [3.05, 3.63) is 36.5 Å². The molecule has 0 saturated heterocycles. The molecule has 4 nitrogen and oxygen atoms in total. The van der Waals surface area contributed by atoms with E-state index in [0.717, 1.165) is 10.9 Å². The number of carboxylic acid groups (broad SMARTS) is 1. The van der Waals surface area contributed by atoms with Crippen molar-refractivity contribution in [2.75, 3.05) is 0 Å². The van der Waals surface area contributed by atoms with E-state index in [2.05, 4.69) is 4.98 Å². The number of carboxylic acids is 1. The van der Waals surface area contributed by atoms with Crippen molar-refractivity contribution in [1.29, 1.82) is 0 Å². The standard InChI is InChI=1S/C14H15NO3/c1-10(7-8-13(16)17)18-12-6-2-4-11-5-3-9-15-14(11)12/h2-6,9-10H,7-8H2,1H3,(H,16,17). The Morgan fingerprint density at radius 2 is 2.17 bits per heavy atom. The highest BCUT2D eigenvalue weighted by molar-refractivity contribution is 5.84. The van der Waals surface area contributed by atoms with Gasteiger partial charge < -0.3 is 9.84 Å². The van der Waals surface area contributed by atoms with Crippen molar-refractivity contribution in [3.8, 4) is 5.75 Å². The zero-order valence-electron chi connectivity index (χ0n) is 10.2. The number of hydrogen-bond donors (Lipinski definition) is 1. The summed E-state index contributed by atoms with van der Waals surface area (Å²) in [6.45, 7) is 1.87. The third-order valence-electron chi connectivity index (χ3n) is 2.69. The minimum Gasteiger partial charge on any atom is -0.488 e. The number of aromatic nitrogens is 1. The van der Waals surface area contributed by atoms with Crippen molar-refractivity contribution in [1.82, 2.24) is 4.98 Å². The molecule has 1 aromatic heterocycles. The van der Waals surface area contributed by atoms with Crippen LogP contribution >= 0.6 is 0 Å². The highest BCUT2D eigenvalue weighted by Crippen LogP contribution is 2.24. The first-order chi connectivity index (χ1) is 8.66. The van der Waals surface area contributed by atoms with E-state index in [1.54, 1.807) is 6.20 Å². The van der Waals surface area contributed by atoms with E-state index in [9.17, 15) is 4.79 Å². The summed E-state index contributed by atoms with van der Waals surface area (Å²) < 4.78 is 5.75. The predicted octanol–water partition coefficient (Wildman–Crippen LogP) is 2.87. The second-order valence-corrected chi connectivity index (χ2v) is 4.19. The summed E-state index contributed by atoms with van der Waals surface area (Å²) in [6.07, 6.45) is 2.17. The maximum atomic E-state index is 10.5. The van der Waals surface area contributed by atoms with Gasteiger partial charge in [0.15, 0.2) is 0 Å². The SMILES string of the molecule is CC(CCC(=O)O)Oc1cccc2cccnc12. The van der Waals surface area contributed by atoms with Crippen molar-refractivity contribution < 1.29 is 14.6 Å². The first-order valence-corrected chi connectivity index (χ1v) is 5.89. The summed E-state index contributed by atoms with van der Waals surface area (Å²) in [5, 5.41) is 9.65. The first kappa shape index (κ1) is 12.4. The molecule has 18 heavy (non-hydrogen) atoms. The van der Waals surface area contributed by atoms with E-state index in [0.29, 0.717) is 12.2 Å². The monoisotopic (exact) mass is 245 g/mol. The van der Waals surface area contributed by atoms with Crippen LogP contribution in [0.3, 0.4) is 0 Å². The molecular formula is C14H15NO3. The molecule has 0 fully saturated rings. The topological polar surface area (TPSA) is 59.4 Å². The van der Waals surface area contributed by atoms with Gasteiger partial charge in [0, 0.05) is 18.0 Å². The summed E-state index contributed by atoms with van der Waals surface area (Å²) in [5.41, 5.74) is 0.808. The van der Waals surface area contributed by atoms with Crippen molar-refractivity contribution in [3.63, 3.8) is 0 Å². The number of fused-ring (bicyclic) bond motifs is 1. The number of rotatable bonds is 5.